The Balaban J connectivity index is 2.54. The molecule has 0 aromatic carbocycles. The summed E-state index contributed by atoms with van der Waals surface area (Å²) < 4.78 is 0. The van der Waals surface area contributed by atoms with Crippen molar-refractivity contribution < 1.29 is 4.79 Å². The number of hydrogen-bond acceptors (Lipinski definition) is 4. The average molecular weight is 252 g/mol. The van der Waals surface area contributed by atoms with Crippen molar-refractivity contribution in [3.63, 3.8) is 0 Å². The monoisotopic (exact) mass is 252 g/mol. The molecule has 1 rings (SSSR count). The summed E-state index contributed by atoms with van der Waals surface area (Å²) in [5.74, 6) is 0.0260. The van der Waals surface area contributed by atoms with E-state index in [0.29, 0.717) is 6.54 Å². The predicted molar refractivity (Wildman–Crippen MR) is 71.0 cm³/mol. The number of piperazine rings is 1. The molecule has 1 amide bonds. The Kier molecular flexibility index (Phi) is 6.10. The third-order valence-electron chi connectivity index (χ3n) is 3.42. The lowest BCUT2D eigenvalue weighted by Gasteiger charge is -2.36. The van der Waals surface area contributed by atoms with Crippen molar-refractivity contribution in [2.45, 2.75) is 51.7 Å². The van der Waals surface area contributed by atoms with E-state index in [1.54, 1.807) is 0 Å². The van der Waals surface area contributed by atoms with Crippen molar-refractivity contribution in [1.29, 1.82) is 5.26 Å². The van der Waals surface area contributed by atoms with Gasteiger partial charge in [-0.05, 0) is 20.3 Å². The smallest absolute Gasteiger partial charge is 0.237 e. The lowest BCUT2D eigenvalue weighted by atomic mass is 10.1. The van der Waals surface area contributed by atoms with Crippen LogP contribution in [0.3, 0.4) is 0 Å². The van der Waals surface area contributed by atoms with Crippen molar-refractivity contribution in [3.05, 3.63) is 0 Å². The minimum absolute atomic E-state index is 0.0260. The van der Waals surface area contributed by atoms with E-state index < -0.39 is 0 Å². The van der Waals surface area contributed by atoms with Gasteiger partial charge in [-0.15, -0.1) is 0 Å². The molecule has 1 saturated heterocycles. The molecule has 0 saturated carbocycles. The molecule has 0 aromatic rings. The Labute approximate surface area is 110 Å². The van der Waals surface area contributed by atoms with Gasteiger partial charge >= 0.3 is 0 Å². The Bertz CT molecular complexity index is 313. The molecule has 102 valence electrons. The molecule has 1 fully saturated rings. The maximum Gasteiger partial charge on any atom is 0.237 e. The predicted octanol–water partition coefficient (Wildman–Crippen LogP) is 0.477. The molecule has 1 aliphatic rings. The first kappa shape index (κ1) is 14.9. The number of carbonyl (C=O) groups excluding carboxylic acids is 1. The van der Waals surface area contributed by atoms with Gasteiger partial charge in [0.2, 0.25) is 5.91 Å². The number of amides is 1. The average Bonchev–Trinajstić information content (AvgIpc) is 2.38. The van der Waals surface area contributed by atoms with E-state index >= 15 is 0 Å². The molecule has 0 spiro atoms. The molecule has 1 aliphatic heterocycles. The lowest BCUT2D eigenvalue weighted by Crippen LogP contribution is -2.58. The van der Waals surface area contributed by atoms with Crippen molar-refractivity contribution in [2.24, 2.45) is 0 Å². The molecule has 0 bridgehead atoms. The summed E-state index contributed by atoms with van der Waals surface area (Å²) in [7, 11) is 0. The van der Waals surface area contributed by atoms with E-state index in [0.717, 1.165) is 25.9 Å². The van der Waals surface area contributed by atoms with E-state index in [4.69, 9.17) is 5.26 Å². The molecule has 2 N–H and O–H groups in total. The SMILES string of the molecule is CCCC(C)NC(=O)C(C)N1CCNCC1C#N. The van der Waals surface area contributed by atoms with E-state index in [-0.39, 0.29) is 24.0 Å². The van der Waals surface area contributed by atoms with Crippen LogP contribution in [0.4, 0.5) is 0 Å². The Morgan fingerprint density at radius 1 is 1.61 bits per heavy atom. The molecule has 3 unspecified atom stereocenters. The second kappa shape index (κ2) is 7.34. The van der Waals surface area contributed by atoms with Crippen LogP contribution in [0.2, 0.25) is 0 Å². The summed E-state index contributed by atoms with van der Waals surface area (Å²) >= 11 is 0. The first-order valence-electron chi connectivity index (χ1n) is 6.76. The second-order valence-electron chi connectivity index (χ2n) is 4.96. The lowest BCUT2D eigenvalue weighted by molar-refractivity contribution is -0.127. The molecule has 18 heavy (non-hydrogen) atoms. The molecule has 0 aromatic heterocycles. The molecule has 0 aliphatic carbocycles. The standard InChI is InChI=1S/C13H24N4O/c1-4-5-10(2)16-13(18)11(3)17-7-6-15-9-12(17)8-14/h10-12,15H,4-7,9H2,1-3H3,(H,16,18). The van der Waals surface area contributed by atoms with Crippen molar-refractivity contribution in [1.82, 2.24) is 15.5 Å². The highest BCUT2D eigenvalue weighted by molar-refractivity contribution is 5.81. The summed E-state index contributed by atoms with van der Waals surface area (Å²) in [6.07, 6.45) is 2.05. The zero-order valence-electron chi connectivity index (χ0n) is 11.6. The molecule has 3 atom stereocenters. The maximum atomic E-state index is 12.1. The van der Waals surface area contributed by atoms with Gasteiger partial charge in [0.25, 0.3) is 0 Å². The number of nitrogens with zero attached hydrogens (tertiary/aromatic N) is 2. The highest BCUT2D eigenvalue weighted by Crippen LogP contribution is 2.09. The first-order valence-corrected chi connectivity index (χ1v) is 6.76. The highest BCUT2D eigenvalue weighted by atomic mass is 16.2. The van der Waals surface area contributed by atoms with Gasteiger partial charge in [-0.25, -0.2) is 0 Å². The maximum absolute atomic E-state index is 12.1. The largest absolute Gasteiger partial charge is 0.352 e. The Morgan fingerprint density at radius 2 is 2.33 bits per heavy atom. The van der Waals surface area contributed by atoms with Gasteiger partial charge in [0.05, 0.1) is 12.1 Å². The fourth-order valence-electron chi connectivity index (χ4n) is 2.32. The van der Waals surface area contributed by atoms with E-state index in [2.05, 4.69) is 23.6 Å². The summed E-state index contributed by atoms with van der Waals surface area (Å²) in [4.78, 5) is 14.1. The zero-order valence-corrected chi connectivity index (χ0v) is 11.6. The third kappa shape index (κ3) is 3.97. The van der Waals surface area contributed by atoms with Crippen molar-refractivity contribution >= 4 is 5.91 Å². The third-order valence-corrected chi connectivity index (χ3v) is 3.42. The molecular formula is C13H24N4O. The molecule has 5 nitrogen and oxygen atoms in total. The van der Waals surface area contributed by atoms with Crippen LogP contribution in [-0.2, 0) is 4.79 Å². The van der Waals surface area contributed by atoms with E-state index in [9.17, 15) is 4.79 Å². The van der Waals surface area contributed by atoms with Gasteiger partial charge in [0.1, 0.15) is 6.04 Å². The number of rotatable bonds is 5. The van der Waals surface area contributed by atoms with Crippen LogP contribution in [0.25, 0.3) is 0 Å². The fourth-order valence-corrected chi connectivity index (χ4v) is 2.32. The van der Waals surface area contributed by atoms with Crippen molar-refractivity contribution in [3.8, 4) is 6.07 Å². The molecular weight excluding hydrogens is 228 g/mol. The summed E-state index contributed by atoms with van der Waals surface area (Å²) in [6.45, 7) is 8.22. The molecule has 5 heteroatoms. The Hall–Kier alpha value is -1.12. The van der Waals surface area contributed by atoms with Crippen LogP contribution in [-0.4, -0.2) is 48.6 Å². The quantitative estimate of drug-likeness (QED) is 0.746. The van der Waals surface area contributed by atoms with E-state index in [1.165, 1.54) is 0 Å². The minimum Gasteiger partial charge on any atom is -0.352 e. The topological polar surface area (TPSA) is 68.2 Å². The van der Waals surface area contributed by atoms with E-state index in [1.807, 2.05) is 18.7 Å². The van der Waals surface area contributed by atoms with Gasteiger partial charge in [0, 0.05) is 25.7 Å². The summed E-state index contributed by atoms with van der Waals surface area (Å²) in [5, 5.41) is 15.3. The van der Waals surface area contributed by atoms with Crippen LogP contribution in [0.15, 0.2) is 0 Å². The first-order chi connectivity index (χ1) is 8.60. The zero-order chi connectivity index (χ0) is 13.5. The van der Waals surface area contributed by atoms with Gasteiger partial charge in [-0.3, -0.25) is 9.69 Å². The van der Waals surface area contributed by atoms with Crippen molar-refractivity contribution in [2.75, 3.05) is 19.6 Å². The fraction of sp³-hybridized carbons (Fsp3) is 0.846. The van der Waals surface area contributed by atoms with Gasteiger partial charge in [-0.1, -0.05) is 13.3 Å². The second-order valence-corrected chi connectivity index (χ2v) is 4.96. The number of nitriles is 1. The van der Waals surface area contributed by atoms with Crippen LogP contribution in [0.1, 0.15) is 33.6 Å². The summed E-state index contributed by atoms with van der Waals surface area (Å²) in [6, 6.07) is 2.01. The normalized spacial score (nSPS) is 24.0. The van der Waals surface area contributed by atoms with Crippen LogP contribution < -0.4 is 10.6 Å². The molecule has 1 heterocycles. The van der Waals surface area contributed by atoms with Gasteiger partial charge < -0.3 is 10.6 Å². The van der Waals surface area contributed by atoms with Crippen LogP contribution in [0, 0.1) is 11.3 Å². The Morgan fingerprint density at radius 3 is 2.94 bits per heavy atom. The number of nitrogens with one attached hydrogen (secondary N) is 2. The minimum atomic E-state index is -0.240. The van der Waals surface area contributed by atoms with Gasteiger partial charge in [-0.2, -0.15) is 5.26 Å². The van der Waals surface area contributed by atoms with Crippen LogP contribution >= 0.6 is 0 Å². The van der Waals surface area contributed by atoms with Gasteiger partial charge in [0.15, 0.2) is 0 Å². The number of hydrogen-bond donors (Lipinski definition) is 2. The highest BCUT2D eigenvalue weighted by Gasteiger charge is 2.30. The summed E-state index contributed by atoms with van der Waals surface area (Å²) in [5.41, 5.74) is 0. The van der Waals surface area contributed by atoms with Crippen LogP contribution in [0.5, 0.6) is 0 Å². The molecule has 0 radical (unpaired) electrons. The number of carbonyl (C=O) groups is 1.